The predicted octanol–water partition coefficient (Wildman–Crippen LogP) is 2.90. The van der Waals surface area contributed by atoms with Crippen molar-refractivity contribution >= 4 is 35.2 Å². The quantitative estimate of drug-likeness (QED) is 0.872. The van der Waals surface area contributed by atoms with Crippen molar-refractivity contribution in [2.24, 2.45) is 5.92 Å². The van der Waals surface area contributed by atoms with Crippen LogP contribution >= 0.6 is 23.4 Å². The lowest BCUT2D eigenvalue weighted by molar-refractivity contribution is -0.138. The Morgan fingerprint density at radius 1 is 1.43 bits per heavy atom. The number of benzene rings is 1. The van der Waals surface area contributed by atoms with Crippen LogP contribution in [0.4, 0.5) is 0 Å². The minimum Gasteiger partial charge on any atom is -0.481 e. The molecule has 1 aliphatic rings. The van der Waals surface area contributed by atoms with Gasteiger partial charge in [0.1, 0.15) is 0 Å². The molecule has 1 aromatic rings. The van der Waals surface area contributed by atoms with Crippen molar-refractivity contribution in [3.8, 4) is 0 Å². The van der Waals surface area contributed by atoms with Crippen molar-refractivity contribution in [1.82, 2.24) is 4.90 Å². The molecule has 0 radical (unpaired) electrons. The molecule has 0 aromatic heterocycles. The van der Waals surface area contributed by atoms with Gasteiger partial charge in [-0.2, -0.15) is 0 Å². The van der Waals surface area contributed by atoms with Gasteiger partial charge in [0.25, 0.3) is 0 Å². The molecule has 1 atom stereocenters. The van der Waals surface area contributed by atoms with E-state index in [-0.39, 0.29) is 18.2 Å². The van der Waals surface area contributed by atoms with Gasteiger partial charge in [0, 0.05) is 30.3 Å². The molecule has 21 heavy (non-hydrogen) atoms. The molecule has 1 unspecified atom stereocenters. The predicted molar refractivity (Wildman–Crippen MR) is 84.6 cm³/mol. The maximum absolute atomic E-state index is 12.1. The first-order valence-electron chi connectivity index (χ1n) is 6.86. The largest absolute Gasteiger partial charge is 0.481 e. The number of carbonyl (C=O) groups is 2. The van der Waals surface area contributed by atoms with Gasteiger partial charge >= 0.3 is 5.97 Å². The zero-order chi connectivity index (χ0) is 15.2. The van der Waals surface area contributed by atoms with E-state index in [0.717, 1.165) is 17.7 Å². The van der Waals surface area contributed by atoms with Crippen LogP contribution in [0.1, 0.15) is 18.4 Å². The minimum atomic E-state index is -0.787. The van der Waals surface area contributed by atoms with Crippen molar-refractivity contribution < 1.29 is 14.7 Å². The third kappa shape index (κ3) is 5.25. The van der Waals surface area contributed by atoms with Crippen LogP contribution in [0.2, 0.25) is 5.02 Å². The van der Waals surface area contributed by atoms with Gasteiger partial charge in [-0.1, -0.05) is 23.7 Å². The van der Waals surface area contributed by atoms with Gasteiger partial charge in [-0.15, -0.1) is 11.8 Å². The van der Waals surface area contributed by atoms with E-state index in [1.807, 2.05) is 24.3 Å². The Hall–Kier alpha value is -1.20. The van der Waals surface area contributed by atoms with Gasteiger partial charge in [0.15, 0.2) is 0 Å². The number of halogens is 1. The SMILES string of the molecule is O=C(O)CC1CCN(C(=O)CSCc2cccc(Cl)c2)C1. The van der Waals surface area contributed by atoms with Crippen LogP contribution in [-0.4, -0.2) is 40.7 Å². The monoisotopic (exact) mass is 327 g/mol. The summed E-state index contributed by atoms with van der Waals surface area (Å²) in [5.74, 6) is 0.578. The number of thioether (sulfide) groups is 1. The van der Waals surface area contributed by atoms with E-state index in [2.05, 4.69) is 0 Å². The number of amides is 1. The summed E-state index contributed by atoms with van der Waals surface area (Å²) in [5.41, 5.74) is 1.10. The average Bonchev–Trinajstić information content (AvgIpc) is 2.86. The molecule has 1 fully saturated rings. The van der Waals surface area contributed by atoms with Crippen LogP contribution in [0, 0.1) is 5.92 Å². The van der Waals surface area contributed by atoms with E-state index in [1.165, 1.54) is 0 Å². The lowest BCUT2D eigenvalue weighted by Gasteiger charge is -2.16. The minimum absolute atomic E-state index is 0.0925. The number of hydrogen-bond donors (Lipinski definition) is 1. The van der Waals surface area contributed by atoms with Gasteiger partial charge in [-0.25, -0.2) is 0 Å². The number of rotatable bonds is 6. The number of carboxylic acids is 1. The fourth-order valence-electron chi connectivity index (χ4n) is 2.45. The topological polar surface area (TPSA) is 57.6 Å². The van der Waals surface area contributed by atoms with Crippen LogP contribution in [0.5, 0.6) is 0 Å². The molecule has 4 nitrogen and oxygen atoms in total. The maximum atomic E-state index is 12.1. The molecular formula is C15H18ClNO3S. The molecular weight excluding hydrogens is 310 g/mol. The van der Waals surface area contributed by atoms with Crippen molar-refractivity contribution in [3.05, 3.63) is 34.9 Å². The molecule has 114 valence electrons. The number of nitrogens with zero attached hydrogens (tertiary/aromatic N) is 1. The Labute approximate surface area is 133 Å². The van der Waals surface area contributed by atoms with E-state index in [9.17, 15) is 9.59 Å². The maximum Gasteiger partial charge on any atom is 0.303 e. The highest BCUT2D eigenvalue weighted by Gasteiger charge is 2.27. The third-order valence-electron chi connectivity index (χ3n) is 3.49. The molecule has 0 aliphatic carbocycles. The van der Waals surface area contributed by atoms with Gasteiger partial charge in [-0.05, 0) is 30.0 Å². The van der Waals surface area contributed by atoms with E-state index in [0.29, 0.717) is 23.9 Å². The molecule has 1 saturated heterocycles. The molecule has 1 aliphatic heterocycles. The van der Waals surface area contributed by atoms with E-state index in [1.54, 1.807) is 16.7 Å². The van der Waals surface area contributed by atoms with E-state index < -0.39 is 5.97 Å². The van der Waals surface area contributed by atoms with Crippen LogP contribution < -0.4 is 0 Å². The van der Waals surface area contributed by atoms with Gasteiger partial charge in [0.2, 0.25) is 5.91 Å². The summed E-state index contributed by atoms with van der Waals surface area (Å²) in [6, 6.07) is 7.62. The highest BCUT2D eigenvalue weighted by Crippen LogP contribution is 2.21. The smallest absolute Gasteiger partial charge is 0.303 e. The highest BCUT2D eigenvalue weighted by molar-refractivity contribution is 7.99. The van der Waals surface area contributed by atoms with Crippen LogP contribution in [0.25, 0.3) is 0 Å². The van der Waals surface area contributed by atoms with E-state index >= 15 is 0 Å². The first-order valence-corrected chi connectivity index (χ1v) is 8.39. The summed E-state index contributed by atoms with van der Waals surface area (Å²) in [6.45, 7) is 1.25. The summed E-state index contributed by atoms with van der Waals surface area (Å²) < 4.78 is 0. The van der Waals surface area contributed by atoms with Gasteiger partial charge in [0.05, 0.1) is 5.75 Å². The Balaban J connectivity index is 1.72. The first kappa shape index (κ1) is 16.2. The summed E-state index contributed by atoms with van der Waals surface area (Å²) in [4.78, 5) is 24.5. The number of carbonyl (C=O) groups excluding carboxylic acids is 1. The summed E-state index contributed by atoms with van der Waals surface area (Å²) in [6.07, 6.45) is 0.941. The van der Waals surface area contributed by atoms with Crippen LogP contribution in [-0.2, 0) is 15.3 Å². The normalized spacial score (nSPS) is 18.0. The lowest BCUT2D eigenvalue weighted by Crippen LogP contribution is -2.30. The number of hydrogen-bond acceptors (Lipinski definition) is 3. The first-order chi connectivity index (χ1) is 10.0. The lowest BCUT2D eigenvalue weighted by atomic mass is 10.1. The standard InChI is InChI=1S/C15H18ClNO3S/c16-13-3-1-2-12(6-13)9-21-10-14(18)17-5-4-11(8-17)7-15(19)20/h1-3,6,11H,4-5,7-10H2,(H,19,20). The second-order valence-corrected chi connectivity index (χ2v) is 6.64. The van der Waals surface area contributed by atoms with Crippen molar-refractivity contribution in [1.29, 1.82) is 0 Å². The van der Waals surface area contributed by atoms with Crippen LogP contribution in [0.3, 0.4) is 0 Å². The Morgan fingerprint density at radius 3 is 2.95 bits per heavy atom. The van der Waals surface area contributed by atoms with Gasteiger partial charge in [-0.3, -0.25) is 9.59 Å². The Bertz CT molecular complexity index is 523. The average molecular weight is 328 g/mol. The molecule has 1 aromatic carbocycles. The molecule has 1 N–H and O–H groups in total. The fraction of sp³-hybridized carbons (Fsp3) is 0.467. The molecule has 2 rings (SSSR count). The zero-order valence-electron chi connectivity index (χ0n) is 11.6. The molecule has 0 bridgehead atoms. The Morgan fingerprint density at radius 2 is 2.24 bits per heavy atom. The summed E-state index contributed by atoms with van der Waals surface area (Å²) in [7, 11) is 0. The van der Waals surface area contributed by atoms with Crippen molar-refractivity contribution in [2.45, 2.75) is 18.6 Å². The van der Waals surface area contributed by atoms with Crippen molar-refractivity contribution in [3.63, 3.8) is 0 Å². The molecule has 1 amide bonds. The number of likely N-dealkylation sites (tertiary alicyclic amines) is 1. The Kier molecular flexibility index (Phi) is 5.94. The second kappa shape index (κ2) is 7.71. The number of carboxylic acid groups (broad SMARTS) is 1. The van der Waals surface area contributed by atoms with E-state index in [4.69, 9.17) is 16.7 Å². The highest BCUT2D eigenvalue weighted by atomic mass is 35.5. The summed E-state index contributed by atoms with van der Waals surface area (Å²) >= 11 is 7.47. The third-order valence-corrected chi connectivity index (χ3v) is 4.71. The summed E-state index contributed by atoms with van der Waals surface area (Å²) in [5, 5.41) is 9.47. The zero-order valence-corrected chi connectivity index (χ0v) is 13.2. The van der Waals surface area contributed by atoms with Crippen molar-refractivity contribution in [2.75, 3.05) is 18.8 Å². The molecule has 0 spiro atoms. The van der Waals surface area contributed by atoms with Crippen LogP contribution in [0.15, 0.2) is 24.3 Å². The molecule has 1 heterocycles. The second-order valence-electron chi connectivity index (χ2n) is 5.22. The fourth-order valence-corrected chi connectivity index (χ4v) is 3.53. The molecule has 6 heteroatoms. The number of aliphatic carboxylic acids is 1. The van der Waals surface area contributed by atoms with Gasteiger partial charge < -0.3 is 10.0 Å². The molecule has 0 saturated carbocycles.